The lowest BCUT2D eigenvalue weighted by molar-refractivity contribution is 0.390. The van der Waals surface area contributed by atoms with E-state index in [2.05, 4.69) is 5.92 Å². The van der Waals surface area contributed by atoms with E-state index < -0.39 is 0 Å². The smallest absolute Gasteiger partial charge is 0.126 e. The molecule has 0 radical (unpaired) electrons. The van der Waals surface area contributed by atoms with E-state index in [0.717, 1.165) is 17.1 Å². The molecule has 74 valence electrons. The highest BCUT2D eigenvalue weighted by Crippen LogP contribution is 2.29. The van der Waals surface area contributed by atoms with Crippen LogP contribution >= 0.6 is 0 Å². The molecule has 0 aliphatic heterocycles. The van der Waals surface area contributed by atoms with Gasteiger partial charge in [0.25, 0.3) is 0 Å². The molecule has 1 aromatic rings. The van der Waals surface area contributed by atoms with Crippen LogP contribution in [0.4, 0.5) is 0 Å². The Hall–Kier alpha value is -1.62. The van der Waals surface area contributed by atoms with Gasteiger partial charge in [-0.05, 0) is 13.0 Å². The first-order valence-corrected chi connectivity index (χ1v) is 4.41. The molecular formula is C12H14O2. The van der Waals surface area contributed by atoms with Crippen molar-refractivity contribution in [2.45, 2.75) is 12.8 Å². The summed E-state index contributed by atoms with van der Waals surface area (Å²) in [6, 6.07) is 5.65. The molecule has 0 heterocycles. The fourth-order valence-electron chi connectivity index (χ4n) is 1.27. The van der Waals surface area contributed by atoms with Gasteiger partial charge in [0.05, 0.1) is 14.2 Å². The second kappa shape index (κ2) is 4.57. The predicted octanol–water partition coefficient (Wildman–Crippen LogP) is 2.44. The molecule has 0 saturated heterocycles. The van der Waals surface area contributed by atoms with Crippen LogP contribution in [0.15, 0.2) is 18.2 Å². The van der Waals surface area contributed by atoms with Crippen molar-refractivity contribution >= 4 is 0 Å². The van der Waals surface area contributed by atoms with Crippen molar-refractivity contribution < 1.29 is 9.47 Å². The standard InChI is InChI=1S/C12H14O2/c1-5-9(2)11-7-6-10(13-3)8-12(11)14-4/h1,6-9H,2-4H3. The Morgan fingerprint density at radius 3 is 2.50 bits per heavy atom. The van der Waals surface area contributed by atoms with Crippen LogP contribution in [0.3, 0.4) is 0 Å². The van der Waals surface area contributed by atoms with Gasteiger partial charge in [-0.25, -0.2) is 0 Å². The van der Waals surface area contributed by atoms with Gasteiger partial charge in [0.15, 0.2) is 0 Å². The third-order valence-corrected chi connectivity index (χ3v) is 2.16. The third-order valence-electron chi connectivity index (χ3n) is 2.16. The summed E-state index contributed by atoms with van der Waals surface area (Å²) in [4.78, 5) is 0. The molecular weight excluding hydrogens is 176 g/mol. The van der Waals surface area contributed by atoms with E-state index in [1.54, 1.807) is 14.2 Å². The minimum Gasteiger partial charge on any atom is -0.497 e. The number of hydrogen-bond donors (Lipinski definition) is 0. The summed E-state index contributed by atoms with van der Waals surface area (Å²) < 4.78 is 10.3. The molecule has 1 aromatic carbocycles. The highest BCUT2D eigenvalue weighted by Gasteiger charge is 2.09. The molecule has 0 aliphatic rings. The van der Waals surface area contributed by atoms with Crippen LogP contribution in [0.5, 0.6) is 11.5 Å². The van der Waals surface area contributed by atoms with Crippen LogP contribution in [0, 0.1) is 12.3 Å². The second-order valence-corrected chi connectivity index (χ2v) is 3.00. The van der Waals surface area contributed by atoms with E-state index in [1.807, 2.05) is 25.1 Å². The first-order valence-electron chi connectivity index (χ1n) is 4.41. The van der Waals surface area contributed by atoms with E-state index >= 15 is 0 Å². The van der Waals surface area contributed by atoms with E-state index in [4.69, 9.17) is 15.9 Å². The molecule has 0 spiro atoms. The van der Waals surface area contributed by atoms with Gasteiger partial charge < -0.3 is 9.47 Å². The average Bonchev–Trinajstić information content (AvgIpc) is 2.27. The van der Waals surface area contributed by atoms with Crippen LogP contribution in [0.1, 0.15) is 18.4 Å². The molecule has 14 heavy (non-hydrogen) atoms. The van der Waals surface area contributed by atoms with Gasteiger partial charge in [0.1, 0.15) is 11.5 Å². The molecule has 1 rings (SSSR count). The molecule has 0 N–H and O–H groups in total. The summed E-state index contributed by atoms with van der Waals surface area (Å²) in [5.41, 5.74) is 1.01. The SMILES string of the molecule is C#CC(C)c1ccc(OC)cc1OC. The van der Waals surface area contributed by atoms with Gasteiger partial charge in [0, 0.05) is 17.5 Å². The first-order chi connectivity index (χ1) is 6.72. The van der Waals surface area contributed by atoms with E-state index in [1.165, 1.54) is 0 Å². The summed E-state index contributed by atoms with van der Waals surface area (Å²) in [6.45, 7) is 1.96. The molecule has 0 bridgehead atoms. The van der Waals surface area contributed by atoms with Gasteiger partial charge in [-0.2, -0.15) is 0 Å². The molecule has 2 nitrogen and oxygen atoms in total. The number of terminal acetylenes is 1. The fraction of sp³-hybridized carbons (Fsp3) is 0.333. The molecule has 0 amide bonds. The van der Waals surface area contributed by atoms with Crippen molar-refractivity contribution in [1.29, 1.82) is 0 Å². The van der Waals surface area contributed by atoms with Gasteiger partial charge in [-0.1, -0.05) is 12.0 Å². The molecule has 0 aromatic heterocycles. The zero-order chi connectivity index (χ0) is 10.6. The first kappa shape index (κ1) is 10.5. The lowest BCUT2D eigenvalue weighted by atomic mass is 10.0. The van der Waals surface area contributed by atoms with Crippen molar-refractivity contribution in [3.63, 3.8) is 0 Å². The maximum Gasteiger partial charge on any atom is 0.126 e. The van der Waals surface area contributed by atoms with Gasteiger partial charge >= 0.3 is 0 Å². The second-order valence-electron chi connectivity index (χ2n) is 3.00. The largest absolute Gasteiger partial charge is 0.497 e. The van der Waals surface area contributed by atoms with Crippen molar-refractivity contribution in [3.8, 4) is 23.8 Å². The minimum absolute atomic E-state index is 0.0517. The van der Waals surface area contributed by atoms with Gasteiger partial charge in [-0.3, -0.25) is 0 Å². The van der Waals surface area contributed by atoms with Crippen LogP contribution in [-0.2, 0) is 0 Å². The quantitative estimate of drug-likeness (QED) is 0.681. The van der Waals surface area contributed by atoms with Crippen LogP contribution in [-0.4, -0.2) is 14.2 Å². The Kier molecular flexibility index (Phi) is 3.41. The lowest BCUT2D eigenvalue weighted by Gasteiger charge is -2.12. The Bertz CT molecular complexity index is 350. The Morgan fingerprint density at radius 1 is 1.29 bits per heavy atom. The summed E-state index contributed by atoms with van der Waals surface area (Å²) >= 11 is 0. The molecule has 1 unspecified atom stereocenters. The van der Waals surface area contributed by atoms with Crippen molar-refractivity contribution in [1.82, 2.24) is 0 Å². The highest BCUT2D eigenvalue weighted by atomic mass is 16.5. The van der Waals surface area contributed by atoms with Crippen LogP contribution < -0.4 is 9.47 Å². The predicted molar refractivity (Wildman–Crippen MR) is 56.8 cm³/mol. The summed E-state index contributed by atoms with van der Waals surface area (Å²) in [5.74, 6) is 4.27. The van der Waals surface area contributed by atoms with E-state index in [0.29, 0.717) is 0 Å². The number of ether oxygens (including phenoxy) is 2. The van der Waals surface area contributed by atoms with Crippen LogP contribution in [0.25, 0.3) is 0 Å². The number of methoxy groups -OCH3 is 2. The Balaban J connectivity index is 3.12. The summed E-state index contributed by atoms with van der Waals surface area (Å²) in [7, 11) is 3.25. The monoisotopic (exact) mass is 190 g/mol. The highest BCUT2D eigenvalue weighted by molar-refractivity contribution is 5.44. The minimum atomic E-state index is 0.0517. The zero-order valence-electron chi connectivity index (χ0n) is 8.70. The Labute approximate surface area is 84.8 Å². The van der Waals surface area contributed by atoms with Gasteiger partial charge in [-0.15, -0.1) is 6.42 Å². The molecule has 0 saturated carbocycles. The zero-order valence-corrected chi connectivity index (χ0v) is 8.70. The fourth-order valence-corrected chi connectivity index (χ4v) is 1.27. The summed E-state index contributed by atoms with van der Waals surface area (Å²) in [6.07, 6.45) is 5.36. The number of benzene rings is 1. The van der Waals surface area contributed by atoms with Crippen molar-refractivity contribution in [3.05, 3.63) is 23.8 Å². The van der Waals surface area contributed by atoms with E-state index in [-0.39, 0.29) is 5.92 Å². The maximum atomic E-state index is 5.36. The topological polar surface area (TPSA) is 18.5 Å². The summed E-state index contributed by atoms with van der Waals surface area (Å²) in [5, 5.41) is 0. The number of hydrogen-bond acceptors (Lipinski definition) is 2. The molecule has 2 heteroatoms. The van der Waals surface area contributed by atoms with Crippen LogP contribution in [0.2, 0.25) is 0 Å². The van der Waals surface area contributed by atoms with Crippen molar-refractivity contribution in [2.75, 3.05) is 14.2 Å². The van der Waals surface area contributed by atoms with E-state index in [9.17, 15) is 0 Å². The third kappa shape index (κ3) is 2.00. The molecule has 1 atom stereocenters. The Morgan fingerprint density at radius 2 is 2.00 bits per heavy atom. The molecule has 0 aliphatic carbocycles. The average molecular weight is 190 g/mol. The maximum absolute atomic E-state index is 5.36. The molecule has 0 fully saturated rings. The number of rotatable bonds is 3. The normalized spacial score (nSPS) is 11.6. The van der Waals surface area contributed by atoms with Gasteiger partial charge in [0.2, 0.25) is 0 Å². The van der Waals surface area contributed by atoms with Crippen molar-refractivity contribution in [2.24, 2.45) is 0 Å². The lowest BCUT2D eigenvalue weighted by Crippen LogP contribution is -1.96.